The molecule has 0 bridgehead atoms. The van der Waals surface area contributed by atoms with Gasteiger partial charge in [0, 0.05) is 12.0 Å². The Morgan fingerprint density at radius 3 is 2.56 bits per heavy atom. The van der Waals surface area contributed by atoms with Gasteiger partial charge < -0.3 is 5.32 Å². The van der Waals surface area contributed by atoms with Gasteiger partial charge >= 0.3 is 0 Å². The minimum atomic E-state index is -0.173. The van der Waals surface area contributed by atoms with E-state index in [2.05, 4.69) is 12.2 Å². The lowest BCUT2D eigenvalue weighted by molar-refractivity contribution is -0.129. The quantitative estimate of drug-likeness (QED) is 0.827. The van der Waals surface area contributed by atoms with Crippen LogP contribution >= 0.6 is 11.6 Å². The molecular formula is C15H20ClNO. The molecule has 1 aromatic carbocycles. The van der Waals surface area contributed by atoms with Crippen LogP contribution in [0.1, 0.15) is 43.5 Å². The zero-order valence-corrected chi connectivity index (χ0v) is 11.5. The molecule has 98 valence electrons. The van der Waals surface area contributed by atoms with Crippen LogP contribution in [0.25, 0.3) is 0 Å². The van der Waals surface area contributed by atoms with E-state index in [4.69, 9.17) is 11.6 Å². The molecular weight excluding hydrogens is 246 g/mol. The standard InChI is InChI=1S/C15H20ClNO/c1-15(9-5-6-10-15)14(18)17-11-13(16)12-7-3-2-4-8-12/h2-4,7-8,13H,5-6,9-11H2,1H3,(H,17,18). The normalized spacial score (nSPS) is 19.4. The number of halogens is 1. The van der Waals surface area contributed by atoms with Crippen molar-refractivity contribution >= 4 is 17.5 Å². The lowest BCUT2D eigenvalue weighted by Crippen LogP contribution is -2.38. The molecule has 1 unspecified atom stereocenters. The van der Waals surface area contributed by atoms with Crippen molar-refractivity contribution in [1.29, 1.82) is 0 Å². The number of hydrogen-bond acceptors (Lipinski definition) is 1. The fraction of sp³-hybridized carbons (Fsp3) is 0.533. The highest BCUT2D eigenvalue weighted by molar-refractivity contribution is 6.21. The summed E-state index contributed by atoms with van der Waals surface area (Å²) in [5.74, 6) is 0.154. The third-order valence-corrected chi connectivity index (χ3v) is 4.26. The number of nitrogens with one attached hydrogen (secondary N) is 1. The lowest BCUT2D eigenvalue weighted by atomic mass is 9.88. The Labute approximate surface area is 114 Å². The molecule has 0 heterocycles. The molecule has 2 rings (SSSR count). The summed E-state index contributed by atoms with van der Waals surface area (Å²) in [5, 5.41) is 2.84. The van der Waals surface area contributed by atoms with Gasteiger partial charge in [0.25, 0.3) is 0 Å². The molecule has 1 amide bonds. The fourth-order valence-electron chi connectivity index (χ4n) is 2.56. The number of hydrogen-bond donors (Lipinski definition) is 1. The first kappa shape index (κ1) is 13.4. The van der Waals surface area contributed by atoms with Crippen LogP contribution in [0.3, 0.4) is 0 Å². The monoisotopic (exact) mass is 265 g/mol. The van der Waals surface area contributed by atoms with E-state index < -0.39 is 0 Å². The summed E-state index contributed by atoms with van der Waals surface area (Å²) in [6.07, 6.45) is 4.31. The zero-order valence-electron chi connectivity index (χ0n) is 10.8. The molecule has 0 radical (unpaired) electrons. The number of alkyl halides is 1. The van der Waals surface area contributed by atoms with Crippen LogP contribution < -0.4 is 5.32 Å². The maximum absolute atomic E-state index is 12.1. The fourth-order valence-corrected chi connectivity index (χ4v) is 2.78. The highest BCUT2D eigenvalue weighted by Gasteiger charge is 2.36. The van der Waals surface area contributed by atoms with Crippen molar-refractivity contribution in [3.63, 3.8) is 0 Å². The Bertz CT molecular complexity index is 398. The van der Waals surface area contributed by atoms with Crippen molar-refractivity contribution in [2.75, 3.05) is 6.54 Å². The van der Waals surface area contributed by atoms with Crippen LogP contribution in [0.15, 0.2) is 30.3 Å². The Balaban J connectivity index is 1.86. The van der Waals surface area contributed by atoms with Crippen molar-refractivity contribution < 1.29 is 4.79 Å². The second kappa shape index (κ2) is 5.75. The SMILES string of the molecule is CC1(C(=O)NCC(Cl)c2ccccc2)CCCC1. The van der Waals surface area contributed by atoms with Crippen molar-refractivity contribution in [1.82, 2.24) is 5.32 Å². The summed E-state index contributed by atoms with van der Waals surface area (Å²) < 4.78 is 0. The van der Waals surface area contributed by atoms with Gasteiger partial charge in [-0.2, -0.15) is 0 Å². The predicted octanol–water partition coefficient (Wildman–Crippen LogP) is 3.66. The highest BCUT2D eigenvalue weighted by Crippen LogP contribution is 2.37. The molecule has 2 nitrogen and oxygen atoms in total. The lowest BCUT2D eigenvalue weighted by Gasteiger charge is -2.23. The number of amides is 1. The summed E-state index contributed by atoms with van der Waals surface area (Å²) in [7, 11) is 0. The van der Waals surface area contributed by atoms with E-state index in [0.29, 0.717) is 6.54 Å². The minimum Gasteiger partial charge on any atom is -0.354 e. The van der Waals surface area contributed by atoms with Crippen LogP contribution in [0, 0.1) is 5.41 Å². The average Bonchev–Trinajstić information content (AvgIpc) is 2.85. The third-order valence-electron chi connectivity index (χ3n) is 3.86. The molecule has 0 spiro atoms. The van der Waals surface area contributed by atoms with E-state index in [1.165, 1.54) is 0 Å². The van der Waals surface area contributed by atoms with Gasteiger partial charge in [-0.3, -0.25) is 4.79 Å². The van der Waals surface area contributed by atoms with Crippen LogP contribution in [-0.4, -0.2) is 12.5 Å². The Morgan fingerprint density at radius 2 is 1.94 bits per heavy atom. The number of carbonyl (C=O) groups excluding carboxylic acids is 1. The smallest absolute Gasteiger partial charge is 0.225 e. The maximum Gasteiger partial charge on any atom is 0.225 e. The molecule has 0 saturated heterocycles. The first-order valence-electron chi connectivity index (χ1n) is 6.59. The summed E-state index contributed by atoms with van der Waals surface area (Å²) in [6.45, 7) is 2.56. The zero-order chi connectivity index (χ0) is 13.0. The molecule has 1 atom stereocenters. The number of rotatable bonds is 4. The second-order valence-electron chi connectivity index (χ2n) is 5.36. The summed E-state index contributed by atoms with van der Waals surface area (Å²) in [6, 6.07) is 9.86. The van der Waals surface area contributed by atoms with Crippen LogP contribution in [-0.2, 0) is 4.79 Å². The summed E-state index contributed by atoms with van der Waals surface area (Å²) in [5.41, 5.74) is 0.879. The third kappa shape index (κ3) is 3.05. The molecule has 1 N–H and O–H groups in total. The largest absolute Gasteiger partial charge is 0.354 e. The topological polar surface area (TPSA) is 29.1 Å². The van der Waals surface area contributed by atoms with Gasteiger partial charge in [0.05, 0.1) is 5.38 Å². The molecule has 3 heteroatoms. The van der Waals surface area contributed by atoms with Crippen molar-refractivity contribution in [3.8, 4) is 0 Å². The van der Waals surface area contributed by atoms with Gasteiger partial charge in [-0.1, -0.05) is 50.1 Å². The molecule has 1 fully saturated rings. The van der Waals surface area contributed by atoms with Crippen molar-refractivity contribution in [2.45, 2.75) is 38.0 Å². The number of carbonyl (C=O) groups is 1. The second-order valence-corrected chi connectivity index (χ2v) is 5.88. The van der Waals surface area contributed by atoms with Gasteiger partial charge in [-0.25, -0.2) is 0 Å². The van der Waals surface area contributed by atoms with Gasteiger partial charge in [-0.15, -0.1) is 11.6 Å². The summed E-state index contributed by atoms with van der Waals surface area (Å²) >= 11 is 6.29. The van der Waals surface area contributed by atoms with Crippen molar-refractivity contribution in [3.05, 3.63) is 35.9 Å². The first-order chi connectivity index (χ1) is 8.62. The van der Waals surface area contributed by atoms with Gasteiger partial charge in [-0.05, 0) is 18.4 Å². The van der Waals surface area contributed by atoms with Crippen LogP contribution in [0.5, 0.6) is 0 Å². The molecule has 1 aliphatic rings. The van der Waals surface area contributed by atoms with Gasteiger partial charge in [0.2, 0.25) is 5.91 Å². The van der Waals surface area contributed by atoms with E-state index in [1.807, 2.05) is 30.3 Å². The average molecular weight is 266 g/mol. The van der Waals surface area contributed by atoms with Gasteiger partial charge in [0.1, 0.15) is 0 Å². The Kier molecular flexibility index (Phi) is 4.28. The highest BCUT2D eigenvalue weighted by atomic mass is 35.5. The van der Waals surface area contributed by atoms with Crippen LogP contribution in [0.4, 0.5) is 0 Å². The van der Waals surface area contributed by atoms with Gasteiger partial charge in [0.15, 0.2) is 0 Å². The minimum absolute atomic E-state index is 0.153. The van der Waals surface area contributed by atoms with E-state index in [0.717, 1.165) is 31.2 Å². The molecule has 0 aliphatic heterocycles. The molecule has 1 aliphatic carbocycles. The van der Waals surface area contributed by atoms with E-state index in [-0.39, 0.29) is 16.7 Å². The Hall–Kier alpha value is -1.02. The number of benzene rings is 1. The van der Waals surface area contributed by atoms with Crippen molar-refractivity contribution in [2.24, 2.45) is 5.41 Å². The molecule has 18 heavy (non-hydrogen) atoms. The predicted molar refractivity (Wildman–Crippen MR) is 74.6 cm³/mol. The Morgan fingerprint density at radius 1 is 1.33 bits per heavy atom. The van der Waals surface area contributed by atoms with Crippen LogP contribution in [0.2, 0.25) is 0 Å². The summed E-state index contributed by atoms with van der Waals surface area (Å²) in [4.78, 5) is 12.1. The maximum atomic E-state index is 12.1. The molecule has 1 saturated carbocycles. The molecule has 1 aromatic rings. The van der Waals surface area contributed by atoms with E-state index in [9.17, 15) is 4.79 Å². The first-order valence-corrected chi connectivity index (χ1v) is 7.03. The van der Waals surface area contributed by atoms with E-state index in [1.54, 1.807) is 0 Å². The van der Waals surface area contributed by atoms with E-state index >= 15 is 0 Å². The molecule has 0 aromatic heterocycles.